The Morgan fingerprint density at radius 3 is 1.67 bits per heavy atom. The number of aliphatic carboxylic acids is 2. The van der Waals surface area contributed by atoms with Crippen LogP contribution in [0.2, 0.25) is 0 Å². The first-order valence-corrected chi connectivity index (χ1v) is 5.57. The van der Waals surface area contributed by atoms with Gasteiger partial charge in [0.25, 0.3) is 0 Å². The summed E-state index contributed by atoms with van der Waals surface area (Å²) in [6.07, 6.45) is -5.08. The maximum absolute atomic E-state index is 12.7. The quantitative estimate of drug-likeness (QED) is 0.778. The van der Waals surface area contributed by atoms with Crippen LogP contribution in [0.3, 0.4) is 0 Å². The summed E-state index contributed by atoms with van der Waals surface area (Å²) in [5, 5.41) is 18.1. The maximum Gasteiger partial charge on any atom is 0.392 e. The highest BCUT2D eigenvalue weighted by Crippen LogP contribution is 2.45. The Morgan fingerprint density at radius 2 is 1.50 bits per heavy atom. The van der Waals surface area contributed by atoms with Crippen LogP contribution < -0.4 is 0 Å². The van der Waals surface area contributed by atoms with Crippen LogP contribution >= 0.6 is 0 Å². The van der Waals surface area contributed by atoms with E-state index in [1.807, 2.05) is 0 Å². The Hall–Kier alpha value is -1.27. The van der Waals surface area contributed by atoms with Crippen molar-refractivity contribution < 1.29 is 33.0 Å². The van der Waals surface area contributed by atoms with E-state index in [1.165, 1.54) is 13.8 Å². The first-order valence-electron chi connectivity index (χ1n) is 5.57. The number of hydrogen-bond donors (Lipinski definition) is 2. The van der Waals surface area contributed by atoms with Crippen molar-refractivity contribution in [1.82, 2.24) is 0 Å². The van der Waals surface area contributed by atoms with Crippen molar-refractivity contribution in [3.05, 3.63) is 0 Å². The molecule has 0 aliphatic heterocycles. The summed E-state index contributed by atoms with van der Waals surface area (Å²) >= 11 is 0. The van der Waals surface area contributed by atoms with Crippen molar-refractivity contribution in [1.29, 1.82) is 0 Å². The fraction of sp³-hybridized carbons (Fsp3) is 0.818. The molecule has 18 heavy (non-hydrogen) atoms. The molecule has 4 nitrogen and oxygen atoms in total. The Labute approximate surface area is 103 Å². The van der Waals surface area contributed by atoms with Gasteiger partial charge in [-0.3, -0.25) is 9.59 Å². The van der Waals surface area contributed by atoms with Gasteiger partial charge in [-0.1, -0.05) is 20.8 Å². The number of hydrogen-bond acceptors (Lipinski definition) is 2. The molecule has 0 radical (unpaired) electrons. The number of carbonyl (C=O) groups is 2. The molecule has 0 aliphatic carbocycles. The van der Waals surface area contributed by atoms with Gasteiger partial charge in [-0.25, -0.2) is 0 Å². The second kappa shape index (κ2) is 5.58. The molecule has 7 heteroatoms. The lowest BCUT2D eigenvalue weighted by Gasteiger charge is -2.37. The lowest BCUT2D eigenvalue weighted by Crippen LogP contribution is -2.48. The predicted molar refractivity (Wildman–Crippen MR) is 57.0 cm³/mol. The van der Waals surface area contributed by atoms with Gasteiger partial charge in [0, 0.05) is 0 Å². The van der Waals surface area contributed by atoms with Crippen molar-refractivity contribution in [2.75, 3.05) is 0 Å². The van der Waals surface area contributed by atoms with Gasteiger partial charge in [0.15, 0.2) is 0 Å². The molecule has 2 unspecified atom stereocenters. The van der Waals surface area contributed by atoms with Gasteiger partial charge in [0.2, 0.25) is 0 Å². The smallest absolute Gasteiger partial charge is 0.392 e. The molecule has 0 aliphatic rings. The minimum absolute atomic E-state index is 0.170. The van der Waals surface area contributed by atoms with E-state index in [-0.39, 0.29) is 12.8 Å². The van der Waals surface area contributed by atoms with Gasteiger partial charge in [-0.05, 0) is 12.8 Å². The van der Waals surface area contributed by atoms with Gasteiger partial charge in [-0.15, -0.1) is 0 Å². The molecule has 2 N–H and O–H groups in total. The van der Waals surface area contributed by atoms with Crippen molar-refractivity contribution in [2.45, 2.75) is 39.8 Å². The van der Waals surface area contributed by atoms with E-state index in [1.54, 1.807) is 0 Å². The molecular weight excluding hydrogens is 253 g/mol. The summed E-state index contributed by atoms with van der Waals surface area (Å²) < 4.78 is 38.0. The number of carboxylic acid groups (broad SMARTS) is 2. The molecule has 0 rings (SSSR count). The van der Waals surface area contributed by atoms with E-state index in [9.17, 15) is 22.8 Å². The SMILES string of the molecule is CCC(CC)(C(=O)O)C(C(=O)O)C(C)C(F)(F)F. The molecule has 0 heterocycles. The Kier molecular flexibility index (Phi) is 5.19. The van der Waals surface area contributed by atoms with E-state index >= 15 is 0 Å². The average Bonchev–Trinajstić information content (AvgIpc) is 2.22. The molecule has 106 valence electrons. The fourth-order valence-corrected chi connectivity index (χ4v) is 2.24. The summed E-state index contributed by atoms with van der Waals surface area (Å²) in [5.41, 5.74) is -1.90. The Morgan fingerprint density at radius 1 is 1.11 bits per heavy atom. The number of halogens is 3. The third-order valence-electron chi connectivity index (χ3n) is 3.57. The molecule has 0 aromatic rings. The van der Waals surface area contributed by atoms with Crippen LogP contribution in [0.1, 0.15) is 33.6 Å². The van der Waals surface area contributed by atoms with Gasteiger partial charge < -0.3 is 10.2 Å². The highest BCUT2D eigenvalue weighted by Gasteiger charge is 2.56. The fourth-order valence-electron chi connectivity index (χ4n) is 2.24. The zero-order valence-corrected chi connectivity index (χ0v) is 10.4. The van der Waals surface area contributed by atoms with E-state index in [0.717, 1.165) is 0 Å². The first kappa shape index (κ1) is 16.7. The lowest BCUT2D eigenvalue weighted by atomic mass is 9.66. The van der Waals surface area contributed by atoms with Crippen molar-refractivity contribution in [3.8, 4) is 0 Å². The van der Waals surface area contributed by atoms with Gasteiger partial charge in [0.05, 0.1) is 17.3 Å². The normalized spacial score (nSPS) is 16.1. The van der Waals surface area contributed by atoms with Crippen LogP contribution in [0.15, 0.2) is 0 Å². The van der Waals surface area contributed by atoms with E-state index in [0.29, 0.717) is 6.92 Å². The van der Waals surface area contributed by atoms with Crippen LogP contribution in [-0.4, -0.2) is 28.3 Å². The molecule has 0 saturated carbocycles. The second-order valence-electron chi connectivity index (χ2n) is 4.31. The summed E-state index contributed by atoms with van der Waals surface area (Å²) in [4.78, 5) is 22.3. The van der Waals surface area contributed by atoms with Gasteiger partial charge >= 0.3 is 18.1 Å². The third kappa shape index (κ3) is 2.94. The molecule has 0 aromatic carbocycles. The first-order chi connectivity index (χ1) is 8.04. The highest BCUT2D eigenvalue weighted by atomic mass is 19.4. The number of rotatable bonds is 6. The molecule has 0 fully saturated rings. The lowest BCUT2D eigenvalue weighted by molar-refractivity contribution is -0.208. The summed E-state index contributed by atoms with van der Waals surface area (Å²) in [7, 11) is 0. The standard InChI is InChI=1S/C11H17F3O4/c1-4-10(5-2,9(17)18)7(8(15)16)6(3)11(12,13)14/h6-7H,4-5H2,1-3H3,(H,15,16)(H,17,18). The topological polar surface area (TPSA) is 74.6 Å². The van der Waals surface area contributed by atoms with E-state index in [4.69, 9.17) is 10.2 Å². The predicted octanol–water partition coefficient (Wildman–Crippen LogP) is 2.78. The van der Waals surface area contributed by atoms with Crippen molar-refractivity contribution in [2.24, 2.45) is 17.3 Å². The molecule has 0 saturated heterocycles. The zero-order chi connectivity index (χ0) is 14.7. The molecule has 2 atom stereocenters. The number of alkyl halides is 3. The zero-order valence-electron chi connectivity index (χ0n) is 10.4. The van der Waals surface area contributed by atoms with Gasteiger partial charge in [-0.2, -0.15) is 13.2 Å². The molecule has 0 spiro atoms. The Bertz CT molecular complexity index is 321. The average molecular weight is 270 g/mol. The minimum Gasteiger partial charge on any atom is -0.481 e. The molecular formula is C11H17F3O4. The van der Waals surface area contributed by atoms with Crippen LogP contribution in [-0.2, 0) is 9.59 Å². The highest BCUT2D eigenvalue weighted by molar-refractivity contribution is 5.83. The monoisotopic (exact) mass is 270 g/mol. The van der Waals surface area contributed by atoms with Crippen LogP contribution in [0.5, 0.6) is 0 Å². The third-order valence-corrected chi connectivity index (χ3v) is 3.57. The maximum atomic E-state index is 12.7. The number of carboxylic acids is 2. The van der Waals surface area contributed by atoms with Gasteiger partial charge in [0.1, 0.15) is 0 Å². The summed E-state index contributed by atoms with van der Waals surface area (Å²) in [5.74, 6) is -7.45. The molecule has 0 bridgehead atoms. The Balaban J connectivity index is 5.72. The van der Waals surface area contributed by atoms with Crippen molar-refractivity contribution in [3.63, 3.8) is 0 Å². The van der Waals surface area contributed by atoms with E-state index in [2.05, 4.69) is 0 Å². The van der Waals surface area contributed by atoms with Crippen LogP contribution in [0.25, 0.3) is 0 Å². The van der Waals surface area contributed by atoms with Crippen molar-refractivity contribution >= 4 is 11.9 Å². The van der Waals surface area contributed by atoms with Crippen LogP contribution in [0, 0.1) is 17.3 Å². The van der Waals surface area contributed by atoms with Crippen LogP contribution in [0.4, 0.5) is 13.2 Å². The second-order valence-corrected chi connectivity index (χ2v) is 4.31. The summed E-state index contributed by atoms with van der Waals surface area (Å²) in [6, 6.07) is 0. The largest absolute Gasteiger partial charge is 0.481 e. The molecule has 0 amide bonds. The summed E-state index contributed by atoms with van der Waals surface area (Å²) in [6.45, 7) is 3.48. The van der Waals surface area contributed by atoms with E-state index < -0.39 is 35.4 Å². The minimum atomic E-state index is -4.74. The molecule has 0 aromatic heterocycles.